The molecular weight excluding hydrogens is 328 g/mol. The fourth-order valence-corrected chi connectivity index (χ4v) is 2.56. The maximum atomic E-state index is 14.2. The average Bonchev–Trinajstić information content (AvgIpc) is 2.45. The lowest BCUT2D eigenvalue weighted by Crippen LogP contribution is -2.21. The van der Waals surface area contributed by atoms with Gasteiger partial charge >= 0.3 is 0 Å². The molecule has 0 saturated carbocycles. The minimum Gasteiger partial charge on any atom is -0.496 e. The summed E-state index contributed by atoms with van der Waals surface area (Å²) in [6.45, 7) is 0. The molecule has 1 unspecified atom stereocenters. The third kappa shape index (κ3) is 2.69. The summed E-state index contributed by atoms with van der Waals surface area (Å²) in [6, 6.07) is 8.83. The van der Waals surface area contributed by atoms with E-state index in [1.54, 1.807) is 37.4 Å². The molecule has 2 nitrogen and oxygen atoms in total. The zero-order valence-electron chi connectivity index (χ0n) is 11.1. The zero-order valence-corrected chi connectivity index (χ0v) is 12.7. The molecular formula is C15H14BrF2NO. The minimum absolute atomic E-state index is 0.287. The number of rotatable bonds is 4. The molecule has 0 aromatic heterocycles. The van der Waals surface area contributed by atoms with Gasteiger partial charge in [-0.15, -0.1) is 0 Å². The third-order valence-corrected chi connectivity index (χ3v) is 3.72. The smallest absolute Gasteiger partial charge is 0.142 e. The van der Waals surface area contributed by atoms with Crippen LogP contribution in [0.1, 0.15) is 17.2 Å². The Bertz CT molecular complexity index is 619. The molecule has 0 saturated heterocycles. The van der Waals surface area contributed by atoms with Crippen LogP contribution in [-0.2, 0) is 0 Å². The van der Waals surface area contributed by atoms with Crippen LogP contribution in [0.15, 0.2) is 40.9 Å². The molecule has 0 amide bonds. The van der Waals surface area contributed by atoms with E-state index in [9.17, 15) is 8.78 Å². The van der Waals surface area contributed by atoms with E-state index in [-0.39, 0.29) is 5.56 Å². The van der Waals surface area contributed by atoms with Gasteiger partial charge in [-0.3, -0.25) is 0 Å². The molecule has 0 aliphatic carbocycles. The van der Waals surface area contributed by atoms with Crippen LogP contribution in [0.2, 0.25) is 0 Å². The second-order valence-electron chi connectivity index (χ2n) is 4.22. The van der Waals surface area contributed by atoms with Crippen LogP contribution >= 0.6 is 15.9 Å². The van der Waals surface area contributed by atoms with Crippen molar-refractivity contribution in [2.45, 2.75) is 6.04 Å². The summed E-state index contributed by atoms with van der Waals surface area (Å²) in [4.78, 5) is 0. The first-order valence-corrected chi connectivity index (χ1v) is 6.83. The van der Waals surface area contributed by atoms with Gasteiger partial charge in [0, 0.05) is 5.56 Å². The fraction of sp³-hybridized carbons (Fsp3) is 0.200. The lowest BCUT2D eigenvalue weighted by Gasteiger charge is -2.21. The van der Waals surface area contributed by atoms with E-state index in [0.29, 0.717) is 15.8 Å². The molecule has 0 aliphatic rings. The normalized spacial score (nSPS) is 12.2. The van der Waals surface area contributed by atoms with Gasteiger partial charge in [-0.1, -0.05) is 18.2 Å². The van der Waals surface area contributed by atoms with Crippen LogP contribution < -0.4 is 10.1 Å². The van der Waals surface area contributed by atoms with E-state index in [1.165, 1.54) is 13.2 Å². The first kappa shape index (κ1) is 14.9. The van der Waals surface area contributed by atoms with Crippen LogP contribution in [0.5, 0.6) is 5.75 Å². The number of benzene rings is 2. The van der Waals surface area contributed by atoms with Gasteiger partial charge in [0.2, 0.25) is 0 Å². The number of nitrogens with one attached hydrogen (secondary N) is 1. The molecule has 1 N–H and O–H groups in total. The van der Waals surface area contributed by atoms with Crippen molar-refractivity contribution in [1.29, 1.82) is 0 Å². The predicted octanol–water partition coefficient (Wildman–Crippen LogP) is 4.04. The van der Waals surface area contributed by atoms with Gasteiger partial charge in [0.1, 0.15) is 17.4 Å². The van der Waals surface area contributed by atoms with Crippen molar-refractivity contribution in [2.24, 2.45) is 0 Å². The number of hydrogen-bond donors (Lipinski definition) is 1. The lowest BCUT2D eigenvalue weighted by atomic mass is 9.97. The topological polar surface area (TPSA) is 21.3 Å². The van der Waals surface area contributed by atoms with Gasteiger partial charge in [0.15, 0.2) is 0 Å². The molecule has 2 aromatic rings. The highest BCUT2D eigenvalue weighted by Gasteiger charge is 2.24. The number of methoxy groups -OCH3 is 1. The summed E-state index contributed by atoms with van der Waals surface area (Å²) < 4.78 is 33.9. The Balaban J connectivity index is 2.61. The highest BCUT2D eigenvalue weighted by molar-refractivity contribution is 9.10. The van der Waals surface area contributed by atoms with Crippen molar-refractivity contribution in [3.8, 4) is 5.75 Å². The Morgan fingerprint density at radius 2 is 1.85 bits per heavy atom. The summed E-state index contributed by atoms with van der Waals surface area (Å²) in [6.07, 6.45) is 0. The Kier molecular flexibility index (Phi) is 4.73. The summed E-state index contributed by atoms with van der Waals surface area (Å²) >= 11 is 3.14. The van der Waals surface area contributed by atoms with Crippen molar-refractivity contribution < 1.29 is 13.5 Å². The molecule has 0 radical (unpaired) electrons. The fourth-order valence-electron chi connectivity index (χ4n) is 2.17. The Morgan fingerprint density at radius 1 is 1.15 bits per heavy atom. The van der Waals surface area contributed by atoms with Gasteiger partial charge in [0.25, 0.3) is 0 Å². The third-order valence-electron chi connectivity index (χ3n) is 3.10. The quantitative estimate of drug-likeness (QED) is 0.905. The van der Waals surface area contributed by atoms with Gasteiger partial charge in [-0.25, -0.2) is 8.78 Å². The van der Waals surface area contributed by atoms with Crippen molar-refractivity contribution in [3.63, 3.8) is 0 Å². The van der Waals surface area contributed by atoms with E-state index < -0.39 is 17.7 Å². The van der Waals surface area contributed by atoms with Crippen LogP contribution in [0.25, 0.3) is 0 Å². The first-order valence-electron chi connectivity index (χ1n) is 6.03. The van der Waals surface area contributed by atoms with Crippen LogP contribution in [0.4, 0.5) is 8.78 Å². The Hall–Kier alpha value is -1.46. The van der Waals surface area contributed by atoms with Gasteiger partial charge in [0.05, 0.1) is 23.2 Å². The monoisotopic (exact) mass is 341 g/mol. The Morgan fingerprint density at radius 3 is 2.50 bits per heavy atom. The van der Waals surface area contributed by atoms with Crippen molar-refractivity contribution in [3.05, 3.63) is 63.6 Å². The van der Waals surface area contributed by atoms with E-state index in [0.717, 1.165) is 0 Å². The molecule has 0 heterocycles. The van der Waals surface area contributed by atoms with Crippen LogP contribution in [0, 0.1) is 11.6 Å². The molecule has 2 aromatic carbocycles. The van der Waals surface area contributed by atoms with E-state index in [2.05, 4.69) is 21.2 Å². The predicted molar refractivity (Wildman–Crippen MR) is 78.0 cm³/mol. The molecule has 20 heavy (non-hydrogen) atoms. The second kappa shape index (κ2) is 6.33. The van der Waals surface area contributed by atoms with Crippen molar-refractivity contribution in [2.75, 3.05) is 14.2 Å². The highest BCUT2D eigenvalue weighted by Crippen LogP contribution is 2.34. The molecule has 0 fully saturated rings. The van der Waals surface area contributed by atoms with Crippen molar-refractivity contribution >= 4 is 15.9 Å². The van der Waals surface area contributed by atoms with Gasteiger partial charge < -0.3 is 10.1 Å². The first-order chi connectivity index (χ1) is 9.60. The number of ether oxygens (including phenoxy) is 1. The minimum atomic E-state index is -0.636. The maximum absolute atomic E-state index is 14.2. The van der Waals surface area contributed by atoms with Crippen molar-refractivity contribution in [1.82, 2.24) is 5.32 Å². The molecule has 0 spiro atoms. The molecule has 0 bridgehead atoms. The Labute approximate surface area is 124 Å². The summed E-state index contributed by atoms with van der Waals surface area (Å²) in [5.74, 6) is -0.482. The van der Waals surface area contributed by atoms with E-state index in [4.69, 9.17) is 4.74 Å². The standard InChI is InChI=1S/C15H14BrF2NO/c1-19-15(9-5-3-6-10(16)14(9)18)13-11(17)7-4-8-12(13)20-2/h3-8,15,19H,1-2H3. The molecule has 5 heteroatoms. The van der Waals surface area contributed by atoms with E-state index in [1.807, 2.05) is 0 Å². The molecule has 106 valence electrons. The summed E-state index contributed by atoms with van der Waals surface area (Å²) in [7, 11) is 3.11. The van der Waals surface area contributed by atoms with E-state index >= 15 is 0 Å². The number of halogens is 3. The zero-order chi connectivity index (χ0) is 14.7. The van der Waals surface area contributed by atoms with Gasteiger partial charge in [-0.2, -0.15) is 0 Å². The highest BCUT2D eigenvalue weighted by atomic mass is 79.9. The molecule has 1 atom stereocenters. The molecule has 0 aliphatic heterocycles. The SMILES string of the molecule is CNC(c1cccc(Br)c1F)c1c(F)cccc1OC. The van der Waals surface area contributed by atoms with Crippen LogP contribution in [-0.4, -0.2) is 14.2 Å². The van der Waals surface area contributed by atoms with Gasteiger partial charge in [-0.05, 0) is 41.2 Å². The maximum Gasteiger partial charge on any atom is 0.142 e. The lowest BCUT2D eigenvalue weighted by molar-refractivity contribution is 0.397. The van der Waals surface area contributed by atoms with Crippen LogP contribution in [0.3, 0.4) is 0 Å². The summed E-state index contributed by atoms with van der Waals surface area (Å²) in [5, 5.41) is 2.94. The average molecular weight is 342 g/mol. The largest absolute Gasteiger partial charge is 0.496 e. The summed E-state index contributed by atoms with van der Waals surface area (Å²) in [5.41, 5.74) is 0.639. The second-order valence-corrected chi connectivity index (χ2v) is 5.07. The number of hydrogen-bond acceptors (Lipinski definition) is 2. The molecule has 2 rings (SSSR count).